The molecule has 1 aromatic carbocycles. The summed E-state index contributed by atoms with van der Waals surface area (Å²) in [6.07, 6.45) is 0. The Morgan fingerprint density at radius 3 is 2.37 bits per heavy atom. The van der Waals surface area contributed by atoms with Crippen LogP contribution in [0.25, 0.3) is 0 Å². The fourth-order valence-electron chi connectivity index (χ4n) is 1.56. The fraction of sp³-hybridized carbons (Fsp3) is 0.533. The zero-order valence-electron chi connectivity index (χ0n) is 12.3. The van der Waals surface area contributed by atoms with Gasteiger partial charge in [0.15, 0.2) is 0 Å². The average molecular weight is 281 g/mol. The zero-order chi connectivity index (χ0) is 14.5. The van der Waals surface area contributed by atoms with Crippen LogP contribution in [0.2, 0.25) is 0 Å². The Hall–Kier alpha value is -1.00. The van der Waals surface area contributed by atoms with E-state index in [0.29, 0.717) is 6.61 Å². The molecule has 1 aromatic rings. The maximum Gasteiger partial charge on any atom is 0.233 e. The Morgan fingerprint density at radius 2 is 1.89 bits per heavy atom. The monoisotopic (exact) mass is 281 g/mol. The van der Waals surface area contributed by atoms with Crippen molar-refractivity contribution in [3.05, 3.63) is 29.8 Å². The Morgan fingerprint density at radius 1 is 1.32 bits per heavy atom. The van der Waals surface area contributed by atoms with E-state index in [1.807, 2.05) is 52.0 Å². The fourth-order valence-corrected chi connectivity index (χ4v) is 2.43. The summed E-state index contributed by atoms with van der Waals surface area (Å²) in [4.78, 5) is 13.1. The van der Waals surface area contributed by atoms with Crippen molar-refractivity contribution < 1.29 is 9.53 Å². The average Bonchev–Trinajstić information content (AvgIpc) is 2.29. The lowest BCUT2D eigenvalue weighted by molar-refractivity contribution is -0.121. The van der Waals surface area contributed by atoms with Gasteiger partial charge in [0.1, 0.15) is 0 Å². The molecule has 0 bridgehead atoms. The van der Waals surface area contributed by atoms with Crippen molar-refractivity contribution in [1.82, 2.24) is 5.32 Å². The number of nitrogens with one attached hydrogen (secondary N) is 1. The molecule has 4 heteroatoms. The van der Waals surface area contributed by atoms with Crippen LogP contribution in [0, 0.1) is 0 Å². The Labute approximate surface area is 120 Å². The number of thioether (sulfide) groups is 1. The summed E-state index contributed by atoms with van der Waals surface area (Å²) in [7, 11) is 1.68. The van der Waals surface area contributed by atoms with Crippen LogP contribution in [0.1, 0.15) is 33.3 Å². The van der Waals surface area contributed by atoms with Crippen molar-refractivity contribution in [3.63, 3.8) is 0 Å². The second-order valence-corrected chi connectivity index (χ2v) is 6.99. The molecule has 0 saturated carbocycles. The van der Waals surface area contributed by atoms with Gasteiger partial charge in [0, 0.05) is 17.5 Å². The molecule has 0 radical (unpaired) electrons. The predicted octanol–water partition coefficient (Wildman–Crippen LogP) is 3.23. The van der Waals surface area contributed by atoms with E-state index in [1.54, 1.807) is 18.9 Å². The third-order valence-electron chi connectivity index (χ3n) is 2.41. The van der Waals surface area contributed by atoms with E-state index in [1.165, 1.54) is 0 Å². The van der Waals surface area contributed by atoms with Gasteiger partial charge in [0.2, 0.25) is 5.91 Å². The lowest BCUT2D eigenvalue weighted by Gasteiger charge is -2.23. The second-order valence-electron chi connectivity index (χ2n) is 5.58. The summed E-state index contributed by atoms with van der Waals surface area (Å²) in [6, 6.07) is 8.11. The van der Waals surface area contributed by atoms with E-state index >= 15 is 0 Å². The largest absolute Gasteiger partial charge is 0.380 e. The van der Waals surface area contributed by atoms with Crippen molar-refractivity contribution in [3.8, 4) is 0 Å². The topological polar surface area (TPSA) is 38.3 Å². The van der Waals surface area contributed by atoms with Crippen molar-refractivity contribution in [2.45, 2.75) is 50.0 Å². The number of hydrogen-bond acceptors (Lipinski definition) is 3. The molecule has 1 amide bonds. The number of methoxy groups -OCH3 is 1. The molecule has 1 atom stereocenters. The smallest absolute Gasteiger partial charge is 0.233 e. The zero-order valence-corrected chi connectivity index (χ0v) is 13.1. The van der Waals surface area contributed by atoms with Crippen LogP contribution in [0.3, 0.4) is 0 Å². The van der Waals surface area contributed by atoms with Crippen molar-refractivity contribution in [2.75, 3.05) is 7.11 Å². The Balaban J connectivity index is 2.56. The second kappa shape index (κ2) is 6.96. The number of carbonyl (C=O) groups is 1. The molecule has 0 fully saturated rings. The molecule has 0 spiro atoms. The lowest BCUT2D eigenvalue weighted by Crippen LogP contribution is -2.44. The van der Waals surface area contributed by atoms with Gasteiger partial charge in [-0.15, -0.1) is 11.8 Å². The van der Waals surface area contributed by atoms with Gasteiger partial charge in [-0.2, -0.15) is 0 Å². The third kappa shape index (κ3) is 6.12. The first kappa shape index (κ1) is 16.1. The molecular weight excluding hydrogens is 258 g/mol. The van der Waals surface area contributed by atoms with Crippen molar-refractivity contribution in [2.24, 2.45) is 0 Å². The quantitative estimate of drug-likeness (QED) is 0.842. The standard InChI is InChI=1S/C15H23NO2S/c1-11(14(17)16-15(2,3)4)19-13-8-6-12(7-9-13)10-18-5/h6-9,11H,10H2,1-5H3,(H,16,17)/t11-/m1/s1. The van der Waals surface area contributed by atoms with Gasteiger partial charge in [0.05, 0.1) is 11.9 Å². The van der Waals surface area contributed by atoms with E-state index in [9.17, 15) is 4.79 Å². The van der Waals surface area contributed by atoms with Crippen molar-refractivity contribution >= 4 is 17.7 Å². The summed E-state index contributed by atoms with van der Waals surface area (Å²) >= 11 is 1.57. The van der Waals surface area contributed by atoms with Gasteiger partial charge >= 0.3 is 0 Å². The van der Waals surface area contributed by atoms with Crippen LogP contribution >= 0.6 is 11.8 Å². The maximum absolute atomic E-state index is 12.0. The van der Waals surface area contributed by atoms with Gasteiger partial charge in [-0.1, -0.05) is 12.1 Å². The summed E-state index contributed by atoms with van der Waals surface area (Å²) < 4.78 is 5.07. The van der Waals surface area contributed by atoms with Gasteiger partial charge < -0.3 is 10.1 Å². The van der Waals surface area contributed by atoms with E-state index in [4.69, 9.17) is 4.74 Å². The van der Waals surface area contributed by atoms with Gasteiger partial charge in [-0.3, -0.25) is 4.79 Å². The number of ether oxygens (including phenoxy) is 1. The molecule has 0 aliphatic rings. The molecule has 106 valence electrons. The van der Waals surface area contributed by atoms with Crippen LogP contribution in [0.4, 0.5) is 0 Å². The molecular formula is C15H23NO2S. The highest BCUT2D eigenvalue weighted by Gasteiger charge is 2.19. The summed E-state index contributed by atoms with van der Waals surface area (Å²) in [5.41, 5.74) is 0.951. The molecule has 1 rings (SSSR count). The first-order valence-corrected chi connectivity index (χ1v) is 7.26. The Kier molecular flexibility index (Phi) is 5.88. The van der Waals surface area contributed by atoms with Crippen LogP contribution in [0.15, 0.2) is 29.2 Å². The summed E-state index contributed by atoms with van der Waals surface area (Å²) in [5, 5.41) is 2.89. The molecule has 19 heavy (non-hydrogen) atoms. The van der Waals surface area contributed by atoms with E-state index in [0.717, 1.165) is 10.5 Å². The molecule has 0 unspecified atom stereocenters. The Bertz CT molecular complexity index is 409. The predicted molar refractivity (Wildman–Crippen MR) is 80.4 cm³/mol. The molecule has 0 heterocycles. The maximum atomic E-state index is 12.0. The van der Waals surface area contributed by atoms with Crippen LogP contribution in [0.5, 0.6) is 0 Å². The SMILES string of the molecule is COCc1ccc(S[C@H](C)C(=O)NC(C)(C)C)cc1. The third-order valence-corrected chi connectivity index (χ3v) is 3.53. The first-order valence-electron chi connectivity index (χ1n) is 6.38. The van der Waals surface area contributed by atoms with Gasteiger partial charge in [0.25, 0.3) is 0 Å². The minimum absolute atomic E-state index is 0.0680. The number of benzene rings is 1. The molecule has 0 aromatic heterocycles. The summed E-state index contributed by atoms with van der Waals surface area (Å²) in [6.45, 7) is 8.51. The lowest BCUT2D eigenvalue weighted by atomic mass is 10.1. The van der Waals surface area contributed by atoms with E-state index in [-0.39, 0.29) is 16.7 Å². The minimum atomic E-state index is -0.186. The van der Waals surface area contributed by atoms with E-state index < -0.39 is 0 Å². The molecule has 1 N–H and O–H groups in total. The number of carbonyl (C=O) groups excluding carboxylic acids is 1. The highest BCUT2D eigenvalue weighted by atomic mass is 32.2. The molecule has 0 saturated heterocycles. The minimum Gasteiger partial charge on any atom is -0.380 e. The first-order chi connectivity index (χ1) is 8.81. The molecule has 3 nitrogen and oxygen atoms in total. The van der Waals surface area contributed by atoms with Gasteiger partial charge in [-0.05, 0) is 45.4 Å². The van der Waals surface area contributed by atoms with E-state index in [2.05, 4.69) is 5.32 Å². The summed E-state index contributed by atoms with van der Waals surface area (Å²) in [5.74, 6) is 0.0680. The molecule has 0 aliphatic carbocycles. The van der Waals surface area contributed by atoms with Gasteiger partial charge in [-0.25, -0.2) is 0 Å². The normalized spacial score (nSPS) is 13.1. The highest BCUT2D eigenvalue weighted by molar-refractivity contribution is 8.00. The number of hydrogen-bond donors (Lipinski definition) is 1. The van der Waals surface area contributed by atoms with Crippen LogP contribution in [-0.2, 0) is 16.1 Å². The molecule has 0 aliphatic heterocycles. The van der Waals surface area contributed by atoms with Crippen LogP contribution in [-0.4, -0.2) is 23.8 Å². The number of amides is 1. The number of rotatable bonds is 5. The van der Waals surface area contributed by atoms with Crippen molar-refractivity contribution in [1.29, 1.82) is 0 Å². The highest BCUT2D eigenvalue weighted by Crippen LogP contribution is 2.24. The van der Waals surface area contributed by atoms with Crippen LogP contribution < -0.4 is 5.32 Å².